The van der Waals surface area contributed by atoms with Gasteiger partial charge in [0.2, 0.25) is 11.9 Å². The number of nitro benzene ring substituents is 1. The molecule has 0 amide bonds. The summed E-state index contributed by atoms with van der Waals surface area (Å²) in [5.74, 6) is 1.36. The molecular weight excluding hydrogens is 416 g/mol. The molecule has 3 aliphatic rings. The Hall–Kier alpha value is -2.89. The Balaban J connectivity index is 1.60. The first-order valence-electron chi connectivity index (χ1n) is 11.0. The Morgan fingerprint density at radius 3 is 2.00 bits per heavy atom. The number of nitro groups is 1. The number of benzene rings is 1. The largest absolute Gasteiger partial charge is 0.394 e. The van der Waals surface area contributed by atoms with E-state index in [0.717, 1.165) is 25.7 Å². The standard InChI is InChI=1S/C21H26N6O5/c28-9-15-5-6-16(10-29)25(15)20-22-19(13-1-3-14(4-2-13)27(30)31)23-21(24-20)26-17-7-8-18(26)12-32-11-17/h1-4,15-18,28-29H,5-12H2/t15-,16?,17+,18?/m0/s1. The topological polar surface area (TPSA) is 138 Å². The molecule has 11 heteroatoms. The van der Waals surface area contributed by atoms with Crippen LogP contribution in [0, 0.1) is 10.1 Å². The molecule has 5 rings (SSSR count). The van der Waals surface area contributed by atoms with Crippen LogP contribution in [0.3, 0.4) is 0 Å². The van der Waals surface area contributed by atoms with Crippen LogP contribution in [0.5, 0.6) is 0 Å². The minimum absolute atomic E-state index is 0.00490. The highest BCUT2D eigenvalue weighted by atomic mass is 16.6. The second kappa shape index (κ2) is 8.57. The first-order chi connectivity index (χ1) is 15.6. The quantitative estimate of drug-likeness (QED) is 0.494. The average molecular weight is 442 g/mol. The smallest absolute Gasteiger partial charge is 0.269 e. The molecule has 3 saturated heterocycles. The number of hydrogen-bond acceptors (Lipinski definition) is 10. The van der Waals surface area contributed by atoms with Gasteiger partial charge < -0.3 is 24.7 Å². The van der Waals surface area contributed by atoms with Crippen molar-refractivity contribution < 1.29 is 19.9 Å². The van der Waals surface area contributed by atoms with E-state index in [1.165, 1.54) is 12.1 Å². The van der Waals surface area contributed by atoms with Gasteiger partial charge in [-0.3, -0.25) is 10.1 Å². The van der Waals surface area contributed by atoms with E-state index in [4.69, 9.17) is 14.7 Å². The van der Waals surface area contributed by atoms with Gasteiger partial charge in [0, 0.05) is 17.7 Å². The lowest BCUT2D eigenvalue weighted by molar-refractivity contribution is -0.384. The van der Waals surface area contributed by atoms with Gasteiger partial charge in [0.25, 0.3) is 5.69 Å². The van der Waals surface area contributed by atoms with Gasteiger partial charge >= 0.3 is 0 Å². The number of hydrogen-bond donors (Lipinski definition) is 2. The zero-order valence-corrected chi connectivity index (χ0v) is 17.6. The van der Waals surface area contributed by atoms with Crippen LogP contribution < -0.4 is 9.80 Å². The van der Waals surface area contributed by atoms with Crippen molar-refractivity contribution >= 4 is 17.6 Å². The van der Waals surface area contributed by atoms with Crippen molar-refractivity contribution in [3.63, 3.8) is 0 Å². The van der Waals surface area contributed by atoms with Gasteiger partial charge in [0.05, 0.1) is 55.5 Å². The monoisotopic (exact) mass is 442 g/mol. The Bertz CT molecular complexity index is 961. The van der Waals surface area contributed by atoms with Crippen LogP contribution in [0.25, 0.3) is 11.4 Å². The fourth-order valence-electron chi connectivity index (χ4n) is 5.05. The number of aliphatic hydroxyl groups is 2. The fourth-order valence-corrected chi connectivity index (χ4v) is 5.05. The number of fused-ring (bicyclic) bond motifs is 2. The summed E-state index contributed by atoms with van der Waals surface area (Å²) in [7, 11) is 0. The van der Waals surface area contributed by atoms with Gasteiger partial charge in [-0.05, 0) is 37.8 Å². The molecule has 2 unspecified atom stereocenters. The number of morpholine rings is 1. The first kappa shape index (κ1) is 21.0. The molecule has 2 bridgehead atoms. The Morgan fingerprint density at radius 1 is 0.906 bits per heavy atom. The lowest BCUT2D eigenvalue weighted by Crippen LogP contribution is -2.47. The van der Waals surface area contributed by atoms with Crippen molar-refractivity contribution in [3.05, 3.63) is 34.4 Å². The molecule has 4 atom stereocenters. The molecule has 0 aliphatic carbocycles. The second-order valence-corrected chi connectivity index (χ2v) is 8.55. The van der Waals surface area contributed by atoms with Gasteiger partial charge in [0.15, 0.2) is 5.82 Å². The molecule has 3 aliphatic heterocycles. The van der Waals surface area contributed by atoms with Gasteiger partial charge in [-0.1, -0.05) is 0 Å². The molecule has 0 radical (unpaired) electrons. The van der Waals surface area contributed by atoms with E-state index in [1.807, 2.05) is 4.90 Å². The maximum absolute atomic E-state index is 11.0. The zero-order valence-electron chi connectivity index (χ0n) is 17.6. The third-order valence-corrected chi connectivity index (χ3v) is 6.69. The van der Waals surface area contributed by atoms with Gasteiger partial charge in [-0.2, -0.15) is 15.0 Å². The highest BCUT2D eigenvalue weighted by Crippen LogP contribution is 2.35. The maximum Gasteiger partial charge on any atom is 0.269 e. The molecule has 170 valence electrons. The number of aromatic nitrogens is 3. The predicted molar refractivity (Wildman–Crippen MR) is 115 cm³/mol. The van der Waals surface area contributed by atoms with Gasteiger partial charge in [0.1, 0.15) is 0 Å². The minimum Gasteiger partial charge on any atom is -0.394 e. The molecule has 1 aromatic heterocycles. The summed E-state index contributed by atoms with van der Waals surface area (Å²) in [5.41, 5.74) is 0.635. The molecule has 2 aromatic rings. The highest BCUT2D eigenvalue weighted by molar-refractivity contribution is 5.61. The van der Waals surface area contributed by atoms with Crippen molar-refractivity contribution in [2.75, 3.05) is 36.2 Å². The minimum atomic E-state index is -0.443. The van der Waals surface area contributed by atoms with Crippen LogP contribution in [0.4, 0.5) is 17.6 Å². The molecule has 4 heterocycles. The van der Waals surface area contributed by atoms with Crippen LogP contribution in [-0.2, 0) is 4.74 Å². The van der Waals surface area contributed by atoms with E-state index in [9.17, 15) is 20.3 Å². The molecule has 0 saturated carbocycles. The predicted octanol–water partition coefficient (Wildman–Crippen LogP) is 1.14. The van der Waals surface area contributed by atoms with Crippen molar-refractivity contribution in [1.29, 1.82) is 0 Å². The van der Waals surface area contributed by atoms with Crippen LogP contribution in [0.1, 0.15) is 25.7 Å². The lowest BCUT2D eigenvalue weighted by Gasteiger charge is -2.36. The number of ether oxygens (including phenoxy) is 1. The lowest BCUT2D eigenvalue weighted by atomic mass is 10.2. The number of nitrogens with zero attached hydrogens (tertiary/aromatic N) is 6. The number of non-ortho nitro benzene ring substituents is 1. The molecular formula is C21H26N6O5. The van der Waals surface area contributed by atoms with Crippen LogP contribution in [-0.4, -0.2) is 80.7 Å². The van der Waals surface area contributed by atoms with Crippen molar-refractivity contribution in [1.82, 2.24) is 15.0 Å². The normalized spacial score (nSPS) is 27.2. The number of aliphatic hydroxyl groups excluding tert-OH is 2. The summed E-state index contributed by atoms with van der Waals surface area (Å²) in [5, 5.41) is 30.9. The molecule has 11 nitrogen and oxygen atoms in total. The summed E-state index contributed by atoms with van der Waals surface area (Å²) in [6, 6.07) is 6.13. The van der Waals surface area contributed by atoms with E-state index in [2.05, 4.69) is 9.88 Å². The molecule has 2 N–H and O–H groups in total. The molecule has 32 heavy (non-hydrogen) atoms. The average Bonchev–Trinajstić information content (AvgIpc) is 3.36. The fraction of sp³-hybridized carbons (Fsp3) is 0.571. The SMILES string of the molecule is O=[N+]([O-])c1ccc(-c2nc(N3C(CO)CC[C@H]3CO)nc(N3C4CC[C@@H]3COC4)n2)cc1. The van der Waals surface area contributed by atoms with Crippen LogP contribution in [0.15, 0.2) is 24.3 Å². The summed E-state index contributed by atoms with van der Waals surface area (Å²) in [6.07, 6.45) is 3.47. The van der Waals surface area contributed by atoms with Crippen LogP contribution in [0.2, 0.25) is 0 Å². The first-order valence-corrected chi connectivity index (χ1v) is 11.0. The van der Waals surface area contributed by atoms with E-state index in [-0.39, 0.29) is 43.1 Å². The highest BCUT2D eigenvalue weighted by Gasteiger charge is 2.41. The zero-order chi connectivity index (χ0) is 22.2. The van der Waals surface area contributed by atoms with Crippen LogP contribution >= 0.6 is 0 Å². The number of rotatable bonds is 6. The van der Waals surface area contributed by atoms with Crippen molar-refractivity contribution in [2.24, 2.45) is 0 Å². The third-order valence-electron chi connectivity index (χ3n) is 6.69. The van der Waals surface area contributed by atoms with Crippen molar-refractivity contribution in [3.8, 4) is 11.4 Å². The van der Waals surface area contributed by atoms with E-state index in [0.29, 0.717) is 36.5 Å². The molecule has 3 fully saturated rings. The summed E-state index contributed by atoms with van der Waals surface area (Å²) in [4.78, 5) is 28.9. The summed E-state index contributed by atoms with van der Waals surface area (Å²) < 4.78 is 5.70. The maximum atomic E-state index is 11.0. The van der Waals surface area contributed by atoms with E-state index in [1.54, 1.807) is 12.1 Å². The second-order valence-electron chi connectivity index (χ2n) is 8.55. The Morgan fingerprint density at radius 2 is 1.47 bits per heavy atom. The Kier molecular flexibility index (Phi) is 5.62. The van der Waals surface area contributed by atoms with E-state index >= 15 is 0 Å². The van der Waals surface area contributed by atoms with Gasteiger partial charge in [-0.15, -0.1) is 0 Å². The number of anilines is 2. The Labute approximate surface area is 184 Å². The third kappa shape index (κ3) is 3.65. The molecule has 1 aromatic carbocycles. The summed E-state index contributed by atoms with van der Waals surface area (Å²) in [6.45, 7) is 1.11. The van der Waals surface area contributed by atoms with Crippen molar-refractivity contribution in [2.45, 2.75) is 49.9 Å². The molecule has 0 spiro atoms. The van der Waals surface area contributed by atoms with E-state index < -0.39 is 4.92 Å². The summed E-state index contributed by atoms with van der Waals surface area (Å²) >= 11 is 0. The van der Waals surface area contributed by atoms with Gasteiger partial charge in [-0.25, -0.2) is 0 Å².